The topological polar surface area (TPSA) is 24.7 Å². The molecule has 0 aromatic heterocycles. The second kappa shape index (κ2) is 8.20. The molecule has 0 amide bonds. The molecule has 29 heavy (non-hydrogen) atoms. The van der Waals surface area contributed by atoms with Crippen LogP contribution in [-0.2, 0) is 31.9 Å². The number of para-hydroxylation sites is 2. The molecule has 0 atom stereocenters. The van der Waals surface area contributed by atoms with Gasteiger partial charge >= 0.3 is 21.1 Å². The summed E-state index contributed by atoms with van der Waals surface area (Å²) in [7, 11) is 0. The number of aliphatic imine (C=N–C) groups is 2. The van der Waals surface area contributed by atoms with Gasteiger partial charge in [-0.15, -0.1) is 23.3 Å². The average Bonchev–Trinajstić information content (AvgIpc) is 2.71. The molecule has 0 N–H and O–H groups in total. The van der Waals surface area contributed by atoms with E-state index in [2.05, 4.69) is 76.2 Å². The predicted molar refractivity (Wildman–Crippen MR) is 118 cm³/mol. The summed E-state index contributed by atoms with van der Waals surface area (Å²) in [5.74, 6) is 0. The fourth-order valence-corrected chi connectivity index (χ4v) is 3.29. The number of hydrogen-bond donors (Lipinski definition) is 0. The van der Waals surface area contributed by atoms with Gasteiger partial charge in [0.25, 0.3) is 0 Å². The second-order valence-electron chi connectivity index (χ2n) is 8.40. The van der Waals surface area contributed by atoms with E-state index < -0.39 is 0 Å². The standard InChI is InChI=1S/C26H24N2.Pt/c1-25(2)17-27-23-13-5-6-14-24(23)28-18-26(3,4)22-12-8-10-20(16-22)19-9-7-11-21(25)15-19;/h5-14,17-18H,1-4H3;/q-2;+2. The molecular formula is C26H24N2Pt. The monoisotopic (exact) mass is 559 g/mol. The van der Waals surface area contributed by atoms with Crippen LogP contribution in [0.1, 0.15) is 38.8 Å². The number of nitrogens with zero attached hydrogens (tertiary/aromatic N) is 2. The first-order valence-electron chi connectivity index (χ1n) is 9.61. The van der Waals surface area contributed by atoms with Gasteiger partial charge in [0.15, 0.2) is 0 Å². The van der Waals surface area contributed by atoms with Crippen LogP contribution in [0.5, 0.6) is 0 Å². The van der Waals surface area contributed by atoms with Crippen LogP contribution in [0.2, 0.25) is 0 Å². The Morgan fingerprint density at radius 2 is 1.00 bits per heavy atom. The van der Waals surface area contributed by atoms with Crippen LogP contribution in [-0.4, -0.2) is 12.4 Å². The summed E-state index contributed by atoms with van der Waals surface area (Å²) in [5, 5.41) is 0. The van der Waals surface area contributed by atoms with Crippen molar-refractivity contribution in [3.05, 3.63) is 83.9 Å². The third kappa shape index (κ3) is 4.49. The number of rotatable bonds is 0. The van der Waals surface area contributed by atoms with E-state index in [0.717, 1.165) is 33.6 Å². The summed E-state index contributed by atoms with van der Waals surface area (Å²) in [6.45, 7) is 8.64. The van der Waals surface area contributed by atoms with Crippen molar-refractivity contribution in [3.8, 4) is 11.1 Å². The van der Waals surface area contributed by atoms with Gasteiger partial charge in [0, 0.05) is 23.3 Å². The molecule has 1 aliphatic rings. The Morgan fingerprint density at radius 1 is 0.586 bits per heavy atom. The Labute approximate surface area is 188 Å². The molecule has 0 spiro atoms. The molecule has 3 aromatic carbocycles. The van der Waals surface area contributed by atoms with Crippen molar-refractivity contribution in [1.82, 2.24) is 0 Å². The largest absolute Gasteiger partial charge is 2.00 e. The third-order valence-corrected chi connectivity index (χ3v) is 5.20. The second-order valence-corrected chi connectivity index (χ2v) is 8.40. The molecule has 0 saturated heterocycles. The third-order valence-electron chi connectivity index (χ3n) is 5.20. The van der Waals surface area contributed by atoms with Crippen molar-refractivity contribution < 1.29 is 21.1 Å². The molecular weight excluding hydrogens is 535 g/mol. The molecule has 2 nitrogen and oxygen atoms in total. The minimum atomic E-state index is -0.256. The van der Waals surface area contributed by atoms with Gasteiger partial charge in [0.05, 0.1) is 11.4 Å². The van der Waals surface area contributed by atoms with E-state index >= 15 is 0 Å². The first kappa shape index (κ1) is 21.4. The number of benzene rings is 3. The van der Waals surface area contributed by atoms with Gasteiger partial charge in [-0.05, 0) is 12.1 Å². The Balaban J connectivity index is 0.00000240. The molecule has 1 heterocycles. The van der Waals surface area contributed by atoms with Gasteiger partial charge in [0.1, 0.15) is 0 Å². The van der Waals surface area contributed by atoms with Crippen LogP contribution in [0.15, 0.2) is 70.6 Å². The molecule has 0 fully saturated rings. The summed E-state index contributed by atoms with van der Waals surface area (Å²) in [4.78, 5) is 9.58. The van der Waals surface area contributed by atoms with Gasteiger partial charge in [0.2, 0.25) is 0 Å². The minimum Gasteiger partial charge on any atom is -0.258 e. The quantitative estimate of drug-likeness (QED) is 0.277. The number of hydrogen-bond acceptors (Lipinski definition) is 2. The molecule has 0 unspecified atom stereocenters. The zero-order valence-corrected chi connectivity index (χ0v) is 19.4. The molecule has 3 aromatic rings. The van der Waals surface area contributed by atoms with E-state index in [0.29, 0.717) is 0 Å². The number of fused-ring (bicyclic) bond motifs is 6. The van der Waals surface area contributed by atoms with Crippen LogP contribution in [0.3, 0.4) is 0 Å². The SMILES string of the molecule is CC1(C)C=Nc2ccccc2N=CC(C)(C)c2[c-]c(ccc2)-c2[c-]c1ccc2.[Pt+2]. The molecule has 3 heteroatoms. The van der Waals surface area contributed by atoms with Gasteiger partial charge < -0.3 is 0 Å². The van der Waals surface area contributed by atoms with Crippen LogP contribution >= 0.6 is 0 Å². The Bertz CT molecular complexity index is 991. The smallest absolute Gasteiger partial charge is 0.258 e. The molecule has 0 saturated carbocycles. The zero-order valence-electron chi connectivity index (χ0n) is 17.1. The van der Waals surface area contributed by atoms with Crippen molar-refractivity contribution in [1.29, 1.82) is 0 Å². The normalized spacial score (nSPS) is 16.3. The first-order valence-corrected chi connectivity index (χ1v) is 9.61. The Morgan fingerprint density at radius 3 is 1.41 bits per heavy atom. The van der Waals surface area contributed by atoms with Gasteiger partial charge in [-0.2, -0.15) is 36.4 Å². The molecule has 0 aliphatic carbocycles. The van der Waals surface area contributed by atoms with Crippen molar-refractivity contribution in [2.45, 2.75) is 38.5 Å². The summed E-state index contributed by atoms with van der Waals surface area (Å²) in [6.07, 6.45) is 3.99. The van der Waals surface area contributed by atoms with Crippen molar-refractivity contribution in [2.75, 3.05) is 0 Å². The van der Waals surface area contributed by atoms with E-state index in [9.17, 15) is 0 Å². The van der Waals surface area contributed by atoms with Crippen molar-refractivity contribution in [2.24, 2.45) is 9.98 Å². The molecule has 1 aliphatic heterocycles. The summed E-state index contributed by atoms with van der Waals surface area (Å²) in [5.41, 5.74) is 5.52. The van der Waals surface area contributed by atoms with E-state index in [1.165, 1.54) is 0 Å². The average molecular weight is 560 g/mol. The molecule has 0 radical (unpaired) electrons. The van der Waals surface area contributed by atoms with Crippen LogP contribution in [0.4, 0.5) is 11.4 Å². The minimum absolute atomic E-state index is 0. The summed E-state index contributed by atoms with van der Waals surface area (Å²) >= 11 is 0. The van der Waals surface area contributed by atoms with E-state index in [4.69, 9.17) is 9.98 Å². The van der Waals surface area contributed by atoms with Gasteiger partial charge in [-0.25, -0.2) is 11.1 Å². The van der Waals surface area contributed by atoms with Gasteiger partial charge in [-0.3, -0.25) is 9.98 Å². The zero-order chi connectivity index (χ0) is 19.8. The Kier molecular flexibility index (Phi) is 6.05. The fourth-order valence-electron chi connectivity index (χ4n) is 3.29. The van der Waals surface area contributed by atoms with Crippen molar-refractivity contribution in [3.63, 3.8) is 0 Å². The molecule has 4 bridgehead atoms. The molecule has 4 rings (SSSR count). The van der Waals surface area contributed by atoms with E-state index in [-0.39, 0.29) is 31.9 Å². The maximum atomic E-state index is 4.79. The maximum absolute atomic E-state index is 4.79. The summed E-state index contributed by atoms with van der Waals surface area (Å²) < 4.78 is 0. The van der Waals surface area contributed by atoms with Gasteiger partial charge in [-0.1, -0.05) is 39.8 Å². The first-order chi connectivity index (χ1) is 13.4. The maximum Gasteiger partial charge on any atom is 2.00 e. The van der Waals surface area contributed by atoms with Crippen LogP contribution in [0, 0.1) is 12.1 Å². The van der Waals surface area contributed by atoms with E-state index in [1.54, 1.807) is 0 Å². The Hall–Kier alpha value is -2.31. The summed E-state index contributed by atoms with van der Waals surface area (Å²) in [6, 6.07) is 27.8. The van der Waals surface area contributed by atoms with Crippen molar-refractivity contribution >= 4 is 23.8 Å². The van der Waals surface area contributed by atoms with Crippen LogP contribution in [0.25, 0.3) is 11.1 Å². The van der Waals surface area contributed by atoms with Crippen LogP contribution < -0.4 is 0 Å². The predicted octanol–water partition coefficient (Wildman–Crippen LogP) is 6.63. The fraction of sp³-hybridized carbons (Fsp3) is 0.231. The van der Waals surface area contributed by atoms with E-state index in [1.807, 2.05) is 36.7 Å². The molecule has 148 valence electrons.